The normalized spacial score (nSPS) is 15.8. The second-order valence-corrected chi connectivity index (χ2v) is 40.5. The van der Waals surface area contributed by atoms with Crippen LogP contribution in [-0.2, 0) is 38.1 Å². The fourth-order valence-electron chi connectivity index (χ4n) is 13.1. The number of nitrogens with zero attached hydrogens (tertiary/aromatic N) is 3. The van der Waals surface area contributed by atoms with Crippen molar-refractivity contribution in [3.63, 3.8) is 0 Å². The highest BCUT2D eigenvalue weighted by molar-refractivity contribution is 7.17. The van der Waals surface area contributed by atoms with Gasteiger partial charge in [-0.2, -0.15) is 0 Å². The predicted octanol–water partition coefficient (Wildman–Crippen LogP) is 21.9. The van der Waals surface area contributed by atoms with E-state index in [1.807, 2.05) is 139 Å². The number of carboxylic acids is 1. The minimum atomic E-state index is -1.49. The van der Waals surface area contributed by atoms with Crippen LogP contribution in [0.25, 0.3) is 37.6 Å². The third-order valence-electron chi connectivity index (χ3n) is 19.1. The van der Waals surface area contributed by atoms with Gasteiger partial charge < -0.3 is 53.5 Å². The van der Waals surface area contributed by atoms with Crippen LogP contribution in [0.4, 0.5) is 0 Å². The first-order valence-electron chi connectivity index (χ1n) is 39.7. The molecule has 0 bridgehead atoms. The molecule has 3 N–H and O–H groups in total. The van der Waals surface area contributed by atoms with Crippen molar-refractivity contribution in [1.29, 1.82) is 0 Å². The molecule has 0 fully saturated rings. The number of ether oxygens (including phenoxy) is 5. The Kier molecular flexibility index (Phi) is 35.4. The zero-order valence-electron chi connectivity index (χ0n) is 73.6. The highest BCUT2D eigenvalue weighted by Gasteiger charge is 2.40. The smallest absolute Gasteiger partial charge is 0.479 e. The molecule has 3 atom stereocenters. The summed E-state index contributed by atoms with van der Waals surface area (Å²) >= 11 is 11.4. The number of benzene rings is 3. The van der Waals surface area contributed by atoms with E-state index in [0.717, 1.165) is 137 Å². The number of aryl methyl sites for hydroxylation is 3. The summed E-state index contributed by atoms with van der Waals surface area (Å²) < 4.78 is 30.2. The number of carbonyl (C=O) groups excluding carboxylic acids is 5. The molecule has 22 heteroatoms. The first-order chi connectivity index (χ1) is 52.6. The molecule has 0 aliphatic heterocycles. The Labute approximate surface area is 699 Å². The van der Waals surface area contributed by atoms with Gasteiger partial charge in [0.25, 0.3) is 17.7 Å². The van der Waals surface area contributed by atoms with E-state index in [4.69, 9.17) is 45.3 Å². The first-order valence-corrected chi connectivity index (χ1v) is 42.5. The quantitative estimate of drug-likeness (QED) is 0.0478. The van der Waals surface area contributed by atoms with Crippen LogP contribution in [0.2, 0.25) is 4.34 Å². The molecule has 0 saturated carbocycles. The largest absolute Gasteiger partial charge is 0.488 e. The zero-order chi connectivity index (χ0) is 86.2. The monoisotopic (exact) mass is 1640 g/mol. The van der Waals surface area contributed by atoms with Crippen molar-refractivity contribution in [2.24, 2.45) is 22.2 Å². The average Bonchev–Trinajstić information content (AvgIpc) is 1.61. The maximum atomic E-state index is 13.2. The maximum absolute atomic E-state index is 13.2. The lowest BCUT2D eigenvalue weighted by molar-refractivity contribution is -0.167. The van der Waals surface area contributed by atoms with Crippen molar-refractivity contribution in [2.75, 3.05) is 55.5 Å². The fourth-order valence-corrected chi connectivity index (χ4v) is 17.1. The number of amides is 3. The number of hydrogen-bond donors (Lipinski definition) is 3. The number of carboxylic acid groups (broad SMARTS) is 1. The molecule has 0 saturated heterocycles. The van der Waals surface area contributed by atoms with Gasteiger partial charge in [-0.05, 0) is 247 Å². The Bertz CT molecular complexity index is 4360. The molecule has 9 rings (SSSR count). The summed E-state index contributed by atoms with van der Waals surface area (Å²) in [6, 6.07) is 21.5. The molecule has 17 nitrogen and oxygen atoms in total. The lowest BCUT2D eigenvalue weighted by Crippen LogP contribution is -2.30. The molecule has 3 aromatic carbocycles. The van der Waals surface area contributed by atoms with Gasteiger partial charge in [0.05, 0.1) is 30.0 Å². The molecule has 3 aliphatic carbocycles. The van der Waals surface area contributed by atoms with E-state index in [0.29, 0.717) is 40.8 Å². The van der Waals surface area contributed by atoms with Crippen LogP contribution in [0.1, 0.15) is 294 Å². The van der Waals surface area contributed by atoms with Gasteiger partial charge in [-0.25, -0.2) is 14.4 Å². The summed E-state index contributed by atoms with van der Waals surface area (Å²) in [5, 5.41) is 27.8. The van der Waals surface area contributed by atoms with Gasteiger partial charge in [-0.3, -0.25) is 14.4 Å². The van der Waals surface area contributed by atoms with E-state index in [-0.39, 0.29) is 40.5 Å². The van der Waals surface area contributed by atoms with Crippen LogP contribution in [0.5, 0.6) is 0 Å². The molecule has 3 heterocycles. The second kappa shape index (κ2) is 41.4. The lowest BCUT2D eigenvalue weighted by atomic mass is 9.76. The molecule has 3 amide bonds. The highest BCUT2D eigenvalue weighted by atomic mass is 35.5. The van der Waals surface area contributed by atoms with E-state index in [1.54, 1.807) is 86.9 Å². The van der Waals surface area contributed by atoms with Crippen LogP contribution in [0.15, 0.2) is 91.0 Å². The van der Waals surface area contributed by atoms with E-state index in [1.165, 1.54) is 45.1 Å². The Hall–Kier alpha value is -7.05. The predicted molar refractivity (Wildman–Crippen MR) is 472 cm³/mol. The number of rotatable bonds is 20. The molecule has 626 valence electrons. The Balaban J connectivity index is 0.000000278. The third-order valence-corrected chi connectivity index (χ3v) is 22.8. The molecule has 3 aliphatic rings. The lowest BCUT2D eigenvalue weighted by Gasteiger charge is -2.31. The molecule has 3 aromatic heterocycles. The molecular formula is C92H131BClN3O14S3. The van der Waals surface area contributed by atoms with Crippen molar-refractivity contribution < 1.29 is 67.6 Å². The summed E-state index contributed by atoms with van der Waals surface area (Å²) in [5.41, 5.74) is 12.6. The van der Waals surface area contributed by atoms with Crippen LogP contribution < -0.4 is 5.46 Å². The van der Waals surface area contributed by atoms with Gasteiger partial charge in [-0.1, -0.05) is 129 Å². The van der Waals surface area contributed by atoms with Gasteiger partial charge in [0.1, 0.15) is 4.34 Å². The molecule has 114 heavy (non-hydrogen) atoms. The SMILES string of the molecule is CC(C)C.CCOC(=O)C(OC(C)(C)C)c1c(C)sc(-c2ccc(C(=O)N(C)C)cc2)c1C1=CCC(C)(C)CC1.CCOC(=O)C(OC(C)(C)C)c1c(C)sc(Cl)c1C1=CCC(C)(C)CC1.CN(C)C(=O)c1ccc(B(O)O)cc1.Cc1sc(-c2ccc(C(=O)N(C)C)cc2)c(C2=CCC(C)(C)CC2)c1C(OC(C)(C)C)C(=O)O. The van der Waals surface area contributed by atoms with Gasteiger partial charge in [-0.15, -0.1) is 34.0 Å². The van der Waals surface area contributed by atoms with E-state index < -0.39 is 48.2 Å². The number of allylic oxidation sites excluding steroid dienone is 6. The van der Waals surface area contributed by atoms with Crippen LogP contribution in [-0.4, -0.2) is 145 Å². The third kappa shape index (κ3) is 28.4. The minimum Gasteiger partial charge on any atom is -0.479 e. The van der Waals surface area contributed by atoms with Crippen LogP contribution >= 0.6 is 45.6 Å². The Morgan fingerprint density at radius 1 is 0.465 bits per heavy atom. The van der Waals surface area contributed by atoms with E-state index in [9.17, 15) is 33.9 Å². The summed E-state index contributed by atoms with van der Waals surface area (Å²) in [7, 11) is 8.83. The zero-order valence-corrected chi connectivity index (χ0v) is 76.8. The number of halogens is 1. The summed E-state index contributed by atoms with van der Waals surface area (Å²) in [4.78, 5) is 84.3. The number of carbonyl (C=O) groups is 6. The van der Waals surface area contributed by atoms with Crippen molar-refractivity contribution in [3.05, 3.63) is 160 Å². The average molecular weight is 1650 g/mol. The number of hydrogen-bond acceptors (Lipinski definition) is 16. The molecular weight excluding hydrogens is 1510 g/mol. The number of aliphatic carboxylic acids is 1. The van der Waals surface area contributed by atoms with Gasteiger partial charge >= 0.3 is 25.0 Å². The first kappa shape index (κ1) is 97.5. The van der Waals surface area contributed by atoms with Crippen molar-refractivity contribution >= 4 is 111 Å². The van der Waals surface area contributed by atoms with Crippen LogP contribution in [0.3, 0.4) is 0 Å². The summed E-state index contributed by atoms with van der Waals surface area (Å²) in [6.45, 7) is 47.9. The topological polar surface area (TPSA) is 219 Å². The Morgan fingerprint density at radius 2 is 0.737 bits per heavy atom. The molecule has 6 aromatic rings. The second-order valence-electron chi connectivity index (χ2n) is 36.2. The number of thiophene rings is 3. The van der Waals surface area contributed by atoms with E-state index in [2.05, 4.69) is 87.5 Å². The highest BCUT2D eigenvalue weighted by Crippen LogP contribution is 2.53. The maximum Gasteiger partial charge on any atom is 0.488 e. The molecule has 0 spiro atoms. The van der Waals surface area contributed by atoms with Crippen molar-refractivity contribution in [1.82, 2.24) is 14.7 Å². The van der Waals surface area contributed by atoms with Crippen molar-refractivity contribution in [2.45, 2.75) is 252 Å². The molecule has 3 unspecified atom stereocenters. The van der Waals surface area contributed by atoms with Gasteiger partial charge in [0.15, 0.2) is 18.3 Å². The standard InChI is InChI=1S/C30H41NO4S.C28H37NO4S.C21H31ClO3S.C9H12BNO3.C4H10/c1-10-34-28(33)25(35-29(3,4)5)23-19(2)36-26(24(23)20-15-17-30(6,7)18-16-20)21-11-13-22(14-12-21)27(32)31(8)9;1-17-21(23(26(31)32)33-27(2,3)4)22(18-13-15-28(5,6)16-14-18)24(34-17)19-9-11-20(12-10-19)25(30)29(7)8;1-8-24-19(23)17(25-20(3,4)5)15-13(2)26-18(22)16(15)14-9-11-21(6,7)12-10-14;1-11(2)9(12)7-3-5-8(6-4-7)10(13)14;1-4(2)3/h11-15,25H,10,16-18H2,1-9H3;9-13,23H,14-16H2,1-8H3,(H,31,32);9,17H,8,10-12H2,1-7H3;3-6,13-14H,1-2H3;4H,1-3H3. The van der Waals surface area contributed by atoms with E-state index >= 15 is 0 Å². The van der Waals surface area contributed by atoms with Gasteiger partial charge in [0, 0.05) is 117 Å². The minimum absolute atomic E-state index is 0.0250. The number of esters is 2. The fraction of sp³-hybridized carbons (Fsp3) is 0.543. The van der Waals surface area contributed by atoms with Crippen molar-refractivity contribution in [3.8, 4) is 20.9 Å². The molecule has 0 radical (unpaired) electrons. The van der Waals surface area contributed by atoms with Gasteiger partial charge in [0.2, 0.25) is 0 Å². The van der Waals surface area contributed by atoms with Crippen LogP contribution in [0, 0.1) is 42.9 Å². The summed E-state index contributed by atoms with van der Waals surface area (Å²) in [6.07, 6.45) is 13.2. The Morgan fingerprint density at radius 3 is 1.00 bits per heavy atom. The summed E-state index contributed by atoms with van der Waals surface area (Å²) in [5.74, 6) is -1.03.